The Morgan fingerprint density at radius 1 is 1.10 bits per heavy atom. The molecule has 0 aromatic heterocycles. The van der Waals surface area contributed by atoms with Crippen LogP contribution in [0, 0.1) is 16.0 Å². The van der Waals surface area contributed by atoms with Crippen molar-refractivity contribution >= 4 is 23.2 Å². The largest absolute Gasteiger partial charge is 0.462 e. The molecule has 7 nitrogen and oxygen atoms in total. The molecule has 1 aliphatic heterocycles. The van der Waals surface area contributed by atoms with Crippen LogP contribution in [0.4, 0.5) is 5.69 Å². The third kappa shape index (κ3) is 3.93. The van der Waals surface area contributed by atoms with Gasteiger partial charge in [0.25, 0.3) is 5.69 Å². The Balaban J connectivity index is 1.72. The van der Waals surface area contributed by atoms with Crippen molar-refractivity contribution in [3.05, 3.63) is 51.2 Å². The van der Waals surface area contributed by atoms with E-state index in [1.807, 2.05) is 6.92 Å². The number of ether oxygens (including phenoxy) is 1. The minimum atomic E-state index is -0.686. The molecular formula is C23H26N2O5. The van der Waals surface area contributed by atoms with Gasteiger partial charge in [0.2, 0.25) is 0 Å². The molecular weight excluding hydrogens is 384 g/mol. The van der Waals surface area contributed by atoms with E-state index in [0.29, 0.717) is 29.7 Å². The van der Waals surface area contributed by atoms with E-state index in [-0.39, 0.29) is 23.5 Å². The number of nitrogens with zero attached hydrogens (tertiary/aromatic N) is 2. The quantitative estimate of drug-likeness (QED) is 0.409. The summed E-state index contributed by atoms with van der Waals surface area (Å²) in [7, 11) is 0. The number of hydrogen-bond acceptors (Lipinski definition) is 6. The van der Waals surface area contributed by atoms with Crippen molar-refractivity contribution in [1.82, 2.24) is 0 Å². The predicted molar refractivity (Wildman–Crippen MR) is 111 cm³/mol. The zero-order valence-corrected chi connectivity index (χ0v) is 17.1. The number of rotatable bonds is 4. The van der Waals surface area contributed by atoms with Crippen LogP contribution in [-0.4, -0.2) is 28.5 Å². The monoisotopic (exact) mass is 410 g/mol. The fourth-order valence-corrected chi connectivity index (χ4v) is 4.90. The van der Waals surface area contributed by atoms with Crippen LogP contribution in [0.15, 0.2) is 40.5 Å². The molecule has 1 heterocycles. The fraction of sp³-hybridized carbons (Fsp3) is 0.522. The Hall–Kier alpha value is -2.83. The summed E-state index contributed by atoms with van der Waals surface area (Å²) < 4.78 is 5.87. The normalized spacial score (nSPS) is 24.8. The second-order valence-corrected chi connectivity index (χ2v) is 8.39. The fourth-order valence-electron chi connectivity index (χ4n) is 4.90. The van der Waals surface area contributed by atoms with Crippen molar-refractivity contribution in [2.75, 3.05) is 0 Å². The molecule has 7 heteroatoms. The van der Waals surface area contributed by atoms with Crippen LogP contribution in [0.1, 0.15) is 69.8 Å². The van der Waals surface area contributed by atoms with Crippen molar-refractivity contribution < 1.29 is 19.2 Å². The molecule has 0 N–H and O–H groups in total. The number of aliphatic imine (C=N–C) groups is 1. The molecule has 1 unspecified atom stereocenters. The van der Waals surface area contributed by atoms with E-state index in [2.05, 4.69) is 4.99 Å². The van der Waals surface area contributed by atoms with Crippen LogP contribution in [0.3, 0.4) is 0 Å². The van der Waals surface area contributed by atoms with E-state index in [1.165, 1.54) is 12.1 Å². The van der Waals surface area contributed by atoms with Gasteiger partial charge in [-0.1, -0.05) is 18.6 Å². The molecule has 0 bridgehead atoms. The van der Waals surface area contributed by atoms with Crippen LogP contribution in [0.2, 0.25) is 0 Å². The first-order valence-corrected chi connectivity index (χ1v) is 10.7. The Morgan fingerprint density at radius 3 is 2.47 bits per heavy atom. The Labute approximate surface area is 175 Å². The first-order chi connectivity index (χ1) is 14.5. The Kier molecular flexibility index (Phi) is 5.79. The highest BCUT2D eigenvalue weighted by Gasteiger charge is 2.43. The average molecular weight is 410 g/mol. The number of benzene rings is 1. The number of Topliss-reactive ketones (excluding diaryl/α,β-unsaturated/α-hetero) is 1. The van der Waals surface area contributed by atoms with Gasteiger partial charge in [0.05, 0.1) is 4.92 Å². The number of nitro benzene ring substituents is 1. The number of carbonyl (C=O) groups excluding carboxylic acids is 2. The van der Waals surface area contributed by atoms with Gasteiger partial charge >= 0.3 is 5.97 Å². The summed E-state index contributed by atoms with van der Waals surface area (Å²) >= 11 is 0. The van der Waals surface area contributed by atoms with Crippen LogP contribution in [-0.2, 0) is 14.3 Å². The summed E-state index contributed by atoms with van der Waals surface area (Å²) in [6, 6.07) is 6.14. The minimum absolute atomic E-state index is 0.00585. The Bertz CT molecular complexity index is 925. The summed E-state index contributed by atoms with van der Waals surface area (Å²) in [5, 5.41) is 11.1. The summed E-state index contributed by atoms with van der Waals surface area (Å²) in [6.45, 7) is 1.81. The highest BCUT2D eigenvalue weighted by molar-refractivity contribution is 6.08. The molecule has 3 aliphatic rings. The van der Waals surface area contributed by atoms with Gasteiger partial charge in [-0.15, -0.1) is 0 Å². The van der Waals surface area contributed by atoms with Crippen LogP contribution < -0.4 is 0 Å². The van der Waals surface area contributed by atoms with Crippen LogP contribution >= 0.6 is 0 Å². The lowest BCUT2D eigenvalue weighted by Crippen LogP contribution is -2.38. The number of hydrogen-bond donors (Lipinski definition) is 0. The molecule has 0 amide bonds. The maximum absolute atomic E-state index is 13.3. The summed E-state index contributed by atoms with van der Waals surface area (Å²) in [4.78, 5) is 41.4. The molecule has 2 atom stereocenters. The maximum Gasteiger partial charge on any atom is 0.315 e. The SMILES string of the molecule is CC1=NC2=C(C(=O)CCC2)[C@@H](c2ccc([N+](=O)[O-])cc2)C1C(=O)OC1CCCCC1. The smallest absolute Gasteiger partial charge is 0.315 e. The third-order valence-corrected chi connectivity index (χ3v) is 6.39. The van der Waals surface area contributed by atoms with E-state index in [0.717, 1.165) is 44.2 Å². The second kappa shape index (κ2) is 8.50. The maximum atomic E-state index is 13.3. The Morgan fingerprint density at radius 2 is 1.80 bits per heavy atom. The molecule has 1 saturated carbocycles. The van der Waals surface area contributed by atoms with Crippen LogP contribution in [0.5, 0.6) is 0 Å². The number of ketones is 1. The summed E-state index contributed by atoms with van der Waals surface area (Å²) in [5.74, 6) is -1.54. The standard InChI is InChI=1S/C23H26N2O5/c1-14-20(23(27)30-17-6-3-2-4-7-17)21(15-10-12-16(13-11-15)25(28)29)22-18(24-14)8-5-9-19(22)26/h10-13,17,20-21H,2-9H2,1H3/t20?,21-/m0/s1. The number of carbonyl (C=O) groups is 2. The molecule has 2 aliphatic carbocycles. The summed E-state index contributed by atoms with van der Waals surface area (Å²) in [5.41, 5.74) is 2.65. The molecule has 158 valence electrons. The van der Waals surface area contributed by atoms with Crippen LogP contribution in [0.25, 0.3) is 0 Å². The molecule has 1 fully saturated rings. The topological polar surface area (TPSA) is 98.9 Å². The van der Waals surface area contributed by atoms with Crippen molar-refractivity contribution in [2.24, 2.45) is 10.9 Å². The number of allylic oxidation sites excluding steroid dienone is 2. The van der Waals surface area contributed by atoms with E-state index in [9.17, 15) is 19.7 Å². The van der Waals surface area contributed by atoms with Gasteiger partial charge in [0.15, 0.2) is 5.78 Å². The second-order valence-electron chi connectivity index (χ2n) is 8.39. The molecule has 0 radical (unpaired) electrons. The van der Waals surface area contributed by atoms with E-state index >= 15 is 0 Å². The van der Waals surface area contributed by atoms with Gasteiger partial charge in [0, 0.05) is 41.5 Å². The van der Waals surface area contributed by atoms with Crippen molar-refractivity contribution in [1.29, 1.82) is 0 Å². The molecule has 1 aromatic carbocycles. The van der Waals surface area contributed by atoms with Gasteiger partial charge in [0.1, 0.15) is 12.0 Å². The van der Waals surface area contributed by atoms with Crippen molar-refractivity contribution in [2.45, 2.75) is 70.3 Å². The summed E-state index contributed by atoms with van der Waals surface area (Å²) in [6.07, 6.45) is 6.78. The average Bonchev–Trinajstić information content (AvgIpc) is 2.73. The first-order valence-electron chi connectivity index (χ1n) is 10.7. The predicted octanol–water partition coefficient (Wildman–Crippen LogP) is 4.65. The minimum Gasteiger partial charge on any atom is -0.462 e. The number of esters is 1. The van der Waals surface area contributed by atoms with Gasteiger partial charge in [-0.25, -0.2) is 0 Å². The zero-order valence-electron chi connectivity index (χ0n) is 17.1. The number of non-ortho nitro benzene ring substituents is 1. The van der Waals surface area contributed by atoms with Gasteiger partial charge in [-0.3, -0.25) is 24.7 Å². The first kappa shape index (κ1) is 20.4. The van der Waals surface area contributed by atoms with Gasteiger partial charge in [-0.05, 0) is 51.0 Å². The number of nitro groups is 1. The third-order valence-electron chi connectivity index (χ3n) is 6.39. The lowest BCUT2D eigenvalue weighted by atomic mass is 9.71. The lowest BCUT2D eigenvalue weighted by Gasteiger charge is -2.35. The van der Waals surface area contributed by atoms with Crippen molar-refractivity contribution in [3.63, 3.8) is 0 Å². The van der Waals surface area contributed by atoms with Gasteiger partial charge in [-0.2, -0.15) is 0 Å². The highest BCUT2D eigenvalue weighted by atomic mass is 16.6. The molecule has 0 saturated heterocycles. The van der Waals surface area contributed by atoms with E-state index in [4.69, 9.17) is 4.74 Å². The lowest BCUT2D eigenvalue weighted by molar-refractivity contribution is -0.384. The van der Waals surface area contributed by atoms with E-state index in [1.54, 1.807) is 12.1 Å². The van der Waals surface area contributed by atoms with Gasteiger partial charge < -0.3 is 4.74 Å². The molecule has 0 spiro atoms. The van der Waals surface area contributed by atoms with E-state index < -0.39 is 16.8 Å². The van der Waals surface area contributed by atoms with Crippen molar-refractivity contribution in [3.8, 4) is 0 Å². The molecule has 1 aromatic rings. The highest BCUT2D eigenvalue weighted by Crippen LogP contribution is 2.44. The molecule has 4 rings (SSSR count). The zero-order chi connectivity index (χ0) is 21.3. The molecule has 30 heavy (non-hydrogen) atoms.